The van der Waals surface area contributed by atoms with Crippen LogP contribution in [-0.2, 0) is 9.59 Å². The summed E-state index contributed by atoms with van der Waals surface area (Å²) in [4.78, 5) is 27.0. The first-order valence-electron chi connectivity index (χ1n) is 5.29. The predicted octanol–water partition coefficient (Wildman–Crippen LogP) is 1.37. The molecule has 2 amide bonds. The van der Waals surface area contributed by atoms with Crippen LogP contribution in [0.1, 0.15) is 18.5 Å². The number of hydrogen-bond acceptors (Lipinski definition) is 3. The molecule has 90 valence electrons. The Morgan fingerprint density at radius 2 is 2.35 bits per heavy atom. The van der Waals surface area contributed by atoms with E-state index in [4.69, 9.17) is 0 Å². The number of nitrogens with zero attached hydrogens (tertiary/aromatic N) is 1. The summed E-state index contributed by atoms with van der Waals surface area (Å²) in [7, 11) is 0. The molecule has 17 heavy (non-hydrogen) atoms. The monoisotopic (exact) mass is 297 g/mol. The molecule has 1 atom stereocenters. The van der Waals surface area contributed by atoms with Crippen LogP contribution in [-0.4, -0.2) is 22.8 Å². The van der Waals surface area contributed by atoms with E-state index >= 15 is 0 Å². The Bertz CT molecular complexity index is 476. The minimum absolute atomic E-state index is 0.0786. The van der Waals surface area contributed by atoms with Gasteiger partial charge < -0.3 is 10.6 Å². The topological polar surface area (TPSA) is 71.1 Å². The van der Waals surface area contributed by atoms with Gasteiger partial charge in [-0.05, 0) is 41.4 Å². The Morgan fingerprint density at radius 3 is 2.94 bits per heavy atom. The first-order valence-corrected chi connectivity index (χ1v) is 6.09. The summed E-state index contributed by atoms with van der Waals surface area (Å²) in [5.74, 6) is 0.201. The summed E-state index contributed by atoms with van der Waals surface area (Å²) in [6, 6.07) is 3.10. The summed E-state index contributed by atoms with van der Waals surface area (Å²) >= 11 is 3.34. The molecule has 5 nitrogen and oxygen atoms in total. The van der Waals surface area contributed by atoms with Gasteiger partial charge in [0.2, 0.25) is 11.8 Å². The van der Waals surface area contributed by atoms with Crippen molar-refractivity contribution in [2.45, 2.75) is 25.8 Å². The maximum absolute atomic E-state index is 11.8. The van der Waals surface area contributed by atoms with Crippen LogP contribution in [0.25, 0.3) is 0 Å². The lowest BCUT2D eigenvalue weighted by Crippen LogP contribution is -2.37. The average molecular weight is 298 g/mol. The number of aromatic nitrogens is 1. The molecule has 2 N–H and O–H groups in total. The van der Waals surface area contributed by atoms with Crippen LogP contribution in [0, 0.1) is 6.92 Å². The number of hydrogen-bond donors (Lipinski definition) is 2. The molecule has 0 radical (unpaired) electrons. The van der Waals surface area contributed by atoms with Gasteiger partial charge in [-0.15, -0.1) is 0 Å². The van der Waals surface area contributed by atoms with Crippen LogP contribution in [0.3, 0.4) is 0 Å². The SMILES string of the molecule is Cc1nc(NC(=O)[C@@H]2CCC(=O)N2)ccc1Br. The van der Waals surface area contributed by atoms with Crippen LogP contribution in [0.15, 0.2) is 16.6 Å². The van der Waals surface area contributed by atoms with E-state index in [-0.39, 0.29) is 11.8 Å². The van der Waals surface area contributed by atoms with Gasteiger partial charge in [-0.1, -0.05) is 0 Å². The molecule has 1 fully saturated rings. The fourth-order valence-corrected chi connectivity index (χ4v) is 1.86. The minimum Gasteiger partial charge on any atom is -0.344 e. The Morgan fingerprint density at radius 1 is 1.59 bits per heavy atom. The van der Waals surface area contributed by atoms with Gasteiger partial charge in [0.1, 0.15) is 11.9 Å². The standard InChI is InChI=1S/C11H12BrN3O2/c1-6-7(12)2-4-9(13-6)15-11(17)8-3-5-10(16)14-8/h2,4,8H,3,5H2,1H3,(H,14,16)(H,13,15,17)/t8-/m0/s1. The third-order valence-electron chi connectivity index (χ3n) is 2.58. The summed E-state index contributed by atoms with van der Waals surface area (Å²) < 4.78 is 0.893. The van der Waals surface area contributed by atoms with Crippen LogP contribution < -0.4 is 10.6 Å². The van der Waals surface area contributed by atoms with Gasteiger partial charge in [0.05, 0.1) is 5.69 Å². The van der Waals surface area contributed by atoms with Gasteiger partial charge in [0.15, 0.2) is 0 Å². The Hall–Kier alpha value is -1.43. The molecule has 0 unspecified atom stereocenters. The van der Waals surface area contributed by atoms with E-state index in [1.54, 1.807) is 6.07 Å². The highest BCUT2D eigenvalue weighted by Gasteiger charge is 2.27. The second kappa shape index (κ2) is 4.83. The molecule has 0 saturated carbocycles. The van der Waals surface area contributed by atoms with Gasteiger partial charge in [0, 0.05) is 10.9 Å². The van der Waals surface area contributed by atoms with Crippen molar-refractivity contribution in [3.8, 4) is 0 Å². The van der Waals surface area contributed by atoms with Crippen LogP contribution in [0.4, 0.5) is 5.82 Å². The summed E-state index contributed by atoms with van der Waals surface area (Å²) in [6.07, 6.45) is 0.949. The zero-order valence-electron chi connectivity index (χ0n) is 9.29. The number of nitrogens with one attached hydrogen (secondary N) is 2. The van der Waals surface area contributed by atoms with E-state index < -0.39 is 6.04 Å². The highest BCUT2D eigenvalue weighted by Crippen LogP contribution is 2.17. The number of amides is 2. The Labute approximate surface area is 107 Å². The van der Waals surface area contributed by atoms with Gasteiger partial charge in [-0.3, -0.25) is 9.59 Å². The quantitative estimate of drug-likeness (QED) is 0.866. The smallest absolute Gasteiger partial charge is 0.248 e. The van der Waals surface area contributed by atoms with Crippen molar-refractivity contribution in [3.63, 3.8) is 0 Å². The van der Waals surface area contributed by atoms with Crippen LogP contribution in [0.5, 0.6) is 0 Å². The zero-order chi connectivity index (χ0) is 12.4. The third-order valence-corrected chi connectivity index (χ3v) is 3.42. The fraction of sp³-hybridized carbons (Fsp3) is 0.364. The maximum Gasteiger partial charge on any atom is 0.248 e. The van der Waals surface area contributed by atoms with E-state index in [9.17, 15) is 9.59 Å². The van der Waals surface area contributed by atoms with Gasteiger partial charge in [-0.2, -0.15) is 0 Å². The molecule has 0 spiro atoms. The van der Waals surface area contributed by atoms with E-state index in [0.29, 0.717) is 18.7 Å². The summed E-state index contributed by atoms with van der Waals surface area (Å²) in [6.45, 7) is 1.84. The number of carbonyl (C=O) groups excluding carboxylic acids is 2. The summed E-state index contributed by atoms with van der Waals surface area (Å²) in [5.41, 5.74) is 0.804. The van der Waals surface area contributed by atoms with Gasteiger partial charge in [-0.25, -0.2) is 4.98 Å². The zero-order valence-corrected chi connectivity index (χ0v) is 10.9. The van der Waals surface area contributed by atoms with Crippen LogP contribution in [0.2, 0.25) is 0 Å². The molecule has 1 aromatic rings. The molecular formula is C11H12BrN3O2. The number of rotatable bonds is 2. The molecule has 1 aromatic heterocycles. The second-order valence-corrected chi connectivity index (χ2v) is 4.77. The largest absolute Gasteiger partial charge is 0.344 e. The number of halogens is 1. The molecule has 1 aliphatic rings. The van der Waals surface area contributed by atoms with E-state index in [1.165, 1.54) is 0 Å². The van der Waals surface area contributed by atoms with Crippen molar-refractivity contribution in [1.82, 2.24) is 10.3 Å². The number of carbonyl (C=O) groups is 2. The van der Waals surface area contributed by atoms with Gasteiger partial charge >= 0.3 is 0 Å². The van der Waals surface area contributed by atoms with E-state index in [1.807, 2.05) is 13.0 Å². The lowest BCUT2D eigenvalue weighted by Gasteiger charge is -2.10. The van der Waals surface area contributed by atoms with Crippen molar-refractivity contribution in [1.29, 1.82) is 0 Å². The van der Waals surface area contributed by atoms with Crippen molar-refractivity contribution in [3.05, 3.63) is 22.3 Å². The van der Waals surface area contributed by atoms with Crippen LogP contribution >= 0.6 is 15.9 Å². The molecule has 2 heterocycles. The first-order chi connectivity index (χ1) is 8.06. The van der Waals surface area contributed by atoms with Crippen molar-refractivity contribution in [2.24, 2.45) is 0 Å². The second-order valence-electron chi connectivity index (χ2n) is 3.91. The molecule has 2 rings (SSSR count). The average Bonchev–Trinajstić information content (AvgIpc) is 2.70. The molecule has 0 aliphatic carbocycles. The lowest BCUT2D eigenvalue weighted by atomic mass is 10.2. The minimum atomic E-state index is -0.437. The maximum atomic E-state index is 11.8. The van der Waals surface area contributed by atoms with Crippen molar-refractivity contribution >= 4 is 33.6 Å². The molecule has 0 bridgehead atoms. The lowest BCUT2D eigenvalue weighted by molar-refractivity contribution is -0.122. The van der Waals surface area contributed by atoms with Crippen molar-refractivity contribution < 1.29 is 9.59 Å². The molecule has 6 heteroatoms. The highest BCUT2D eigenvalue weighted by molar-refractivity contribution is 9.10. The number of aryl methyl sites for hydroxylation is 1. The molecule has 1 aliphatic heterocycles. The van der Waals surface area contributed by atoms with E-state index in [0.717, 1.165) is 10.2 Å². The predicted molar refractivity (Wildman–Crippen MR) is 66.5 cm³/mol. The third kappa shape index (κ3) is 2.82. The summed E-state index contributed by atoms with van der Waals surface area (Å²) in [5, 5.41) is 5.30. The molecular weight excluding hydrogens is 286 g/mol. The first kappa shape index (κ1) is 12.0. The Balaban J connectivity index is 2.03. The molecule has 1 saturated heterocycles. The van der Waals surface area contributed by atoms with Gasteiger partial charge in [0.25, 0.3) is 0 Å². The highest BCUT2D eigenvalue weighted by atomic mass is 79.9. The molecule has 0 aromatic carbocycles. The Kier molecular flexibility index (Phi) is 3.42. The van der Waals surface area contributed by atoms with Crippen molar-refractivity contribution in [2.75, 3.05) is 5.32 Å². The number of anilines is 1. The fourth-order valence-electron chi connectivity index (χ4n) is 1.64. The van der Waals surface area contributed by atoms with E-state index in [2.05, 4.69) is 31.5 Å². The number of pyridine rings is 1. The normalized spacial score (nSPS) is 18.9.